The van der Waals surface area contributed by atoms with E-state index in [0.717, 1.165) is 32.6 Å². The van der Waals surface area contributed by atoms with Crippen LogP contribution in [0.5, 0.6) is 0 Å². The van der Waals surface area contributed by atoms with Crippen molar-refractivity contribution in [3.05, 3.63) is 65.9 Å². The minimum atomic E-state index is -0.447. The Hall–Kier alpha value is -3.81. The molecule has 0 radical (unpaired) electrons. The van der Waals surface area contributed by atoms with E-state index in [1.54, 1.807) is 7.05 Å². The Morgan fingerprint density at radius 3 is 2.50 bits per heavy atom. The molecular weight excluding hydrogens is 406 g/mol. The van der Waals surface area contributed by atoms with Gasteiger partial charge in [-0.15, -0.1) is 0 Å². The summed E-state index contributed by atoms with van der Waals surface area (Å²) >= 11 is 0. The third-order valence-electron chi connectivity index (χ3n) is 5.84. The van der Waals surface area contributed by atoms with E-state index in [0.29, 0.717) is 6.54 Å². The molecule has 1 aromatic heterocycles. The van der Waals surface area contributed by atoms with Crippen molar-refractivity contribution in [2.24, 2.45) is 0 Å². The second kappa shape index (κ2) is 8.74. The zero-order chi connectivity index (χ0) is 22.8. The molecular formula is C24H27N5O3. The van der Waals surface area contributed by atoms with Crippen molar-refractivity contribution in [1.29, 1.82) is 0 Å². The summed E-state index contributed by atoms with van der Waals surface area (Å²) in [6.45, 7) is 0.0680. The number of para-hydroxylation sites is 1. The highest BCUT2D eigenvalue weighted by Gasteiger charge is 2.34. The third-order valence-corrected chi connectivity index (χ3v) is 5.84. The first-order valence-electron chi connectivity index (χ1n) is 10.5. The molecule has 8 heteroatoms. The van der Waals surface area contributed by atoms with Crippen LogP contribution in [0.3, 0.4) is 0 Å². The zero-order valence-corrected chi connectivity index (χ0v) is 18.5. The lowest BCUT2D eigenvalue weighted by Gasteiger charge is -2.21. The van der Waals surface area contributed by atoms with Crippen LogP contribution in [0.15, 0.2) is 54.7 Å². The van der Waals surface area contributed by atoms with Gasteiger partial charge < -0.3 is 20.1 Å². The number of anilines is 1. The van der Waals surface area contributed by atoms with Crippen LogP contribution in [-0.2, 0) is 9.59 Å². The number of amides is 4. The summed E-state index contributed by atoms with van der Waals surface area (Å²) in [4.78, 5) is 44.3. The number of aromatic nitrogens is 1. The van der Waals surface area contributed by atoms with E-state index < -0.39 is 6.03 Å². The quantitative estimate of drug-likeness (QED) is 0.560. The number of hydrogen-bond donors (Lipinski definition) is 2. The Bertz CT molecular complexity index is 1150. The highest BCUT2D eigenvalue weighted by Crippen LogP contribution is 2.31. The van der Waals surface area contributed by atoms with Crippen molar-refractivity contribution in [2.45, 2.75) is 5.92 Å². The molecule has 8 nitrogen and oxygen atoms in total. The van der Waals surface area contributed by atoms with Gasteiger partial charge in [0.05, 0.1) is 0 Å². The highest BCUT2D eigenvalue weighted by molar-refractivity contribution is 6.04. The van der Waals surface area contributed by atoms with Crippen LogP contribution in [0.1, 0.15) is 17.0 Å². The number of aromatic amines is 1. The number of fused-ring (bicyclic) bond motifs is 1. The Kier molecular flexibility index (Phi) is 5.85. The van der Waals surface area contributed by atoms with Crippen LogP contribution < -0.4 is 10.2 Å². The van der Waals surface area contributed by atoms with Crippen LogP contribution in [0.4, 0.5) is 10.5 Å². The molecule has 2 aromatic carbocycles. The maximum atomic E-state index is 12.6. The van der Waals surface area contributed by atoms with Gasteiger partial charge in [-0.05, 0) is 29.3 Å². The number of H-pyrrole nitrogens is 1. The maximum Gasteiger partial charge on any atom is 0.327 e. The Labute approximate surface area is 186 Å². The number of urea groups is 1. The predicted octanol–water partition coefficient (Wildman–Crippen LogP) is 2.38. The van der Waals surface area contributed by atoms with Gasteiger partial charge in [0, 0.05) is 56.4 Å². The average molecular weight is 434 g/mol. The van der Waals surface area contributed by atoms with E-state index >= 15 is 0 Å². The molecule has 0 unspecified atom stereocenters. The molecule has 32 heavy (non-hydrogen) atoms. The summed E-state index contributed by atoms with van der Waals surface area (Å²) in [7, 11) is 5.53. The number of benzene rings is 2. The molecule has 0 aliphatic carbocycles. The van der Waals surface area contributed by atoms with Crippen molar-refractivity contribution >= 4 is 34.4 Å². The first-order chi connectivity index (χ1) is 15.3. The Morgan fingerprint density at radius 2 is 1.84 bits per heavy atom. The lowest BCUT2D eigenvalue weighted by Crippen LogP contribution is -2.42. The van der Waals surface area contributed by atoms with E-state index in [-0.39, 0.29) is 30.8 Å². The van der Waals surface area contributed by atoms with E-state index in [4.69, 9.17) is 0 Å². The van der Waals surface area contributed by atoms with Gasteiger partial charge in [0.25, 0.3) is 5.91 Å². The molecule has 1 fully saturated rings. The number of carbonyl (C=O) groups is 3. The first kappa shape index (κ1) is 21.4. The molecule has 4 amide bonds. The summed E-state index contributed by atoms with van der Waals surface area (Å²) < 4.78 is 0. The van der Waals surface area contributed by atoms with Gasteiger partial charge in [0.1, 0.15) is 13.1 Å². The van der Waals surface area contributed by atoms with E-state index in [1.807, 2.05) is 43.4 Å². The summed E-state index contributed by atoms with van der Waals surface area (Å²) in [6.07, 6.45) is 1.98. The summed E-state index contributed by atoms with van der Waals surface area (Å²) in [5.41, 5.74) is 4.26. The molecule has 1 atom stereocenters. The highest BCUT2D eigenvalue weighted by atomic mass is 16.2. The normalized spacial score (nSPS) is 14.8. The molecule has 2 N–H and O–H groups in total. The number of nitrogens with one attached hydrogen (secondary N) is 2. The average Bonchev–Trinajstić information content (AvgIpc) is 3.30. The molecule has 1 saturated heterocycles. The number of carbonyl (C=O) groups excluding carboxylic acids is 3. The minimum Gasteiger partial charge on any atom is -0.378 e. The molecule has 0 saturated carbocycles. The van der Waals surface area contributed by atoms with Crippen LogP contribution in [0, 0.1) is 0 Å². The van der Waals surface area contributed by atoms with Crippen molar-refractivity contribution in [3.8, 4) is 0 Å². The van der Waals surface area contributed by atoms with Crippen LogP contribution >= 0.6 is 0 Å². The second-order valence-electron chi connectivity index (χ2n) is 8.25. The topological polar surface area (TPSA) is 88.8 Å². The molecule has 1 aliphatic heterocycles. The zero-order valence-electron chi connectivity index (χ0n) is 18.5. The number of likely N-dealkylation sites (N-methyl/N-ethyl adjacent to an activating group) is 1. The van der Waals surface area contributed by atoms with Gasteiger partial charge in [0.2, 0.25) is 5.91 Å². The molecule has 0 spiro atoms. The SMILES string of the molecule is CN1CC(=O)N(CC(=O)NC[C@H](c2ccc(N(C)C)cc2)c2c[nH]c3ccccc23)C1=O. The first-order valence-corrected chi connectivity index (χ1v) is 10.5. The fourth-order valence-corrected chi connectivity index (χ4v) is 4.03. The molecule has 0 bridgehead atoms. The third kappa shape index (κ3) is 4.16. The van der Waals surface area contributed by atoms with Crippen molar-refractivity contribution < 1.29 is 14.4 Å². The van der Waals surface area contributed by atoms with Gasteiger partial charge >= 0.3 is 6.03 Å². The summed E-state index contributed by atoms with van der Waals surface area (Å²) in [5, 5.41) is 4.02. The molecule has 3 aromatic rings. The molecule has 2 heterocycles. The van der Waals surface area contributed by atoms with Gasteiger partial charge in [-0.25, -0.2) is 4.79 Å². The predicted molar refractivity (Wildman–Crippen MR) is 124 cm³/mol. The maximum absolute atomic E-state index is 12.6. The lowest BCUT2D eigenvalue weighted by atomic mass is 9.90. The lowest BCUT2D eigenvalue weighted by molar-refractivity contribution is -0.130. The van der Waals surface area contributed by atoms with E-state index in [1.165, 1.54) is 4.90 Å². The summed E-state index contributed by atoms with van der Waals surface area (Å²) in [6, 6.07) is 15.8. The number of imide groups is 1. The molecule has 1 aliphatic rings. The van der Waals surface area contributed by atoms with Crippen LogP contribution in [0.2, 0.25) is 0 Å². The van der Waals surface area contributed by atoms with Gasteiger partial charge in [-0.2, -0.15) is 0 Å². The minimum absolute atomic E-state index is 0.00228. The standard InChI is InChI=1S/C24H27N5O3/c1-27(2)17-10-8-16(9-11-17)19(20-13-25-21-7-5-4-6-18(20)21)12-26-22(30)14-29-23(31)15-28(3)24(29)32/h4-11,13,19,25H,12,14-15H2,1-3H3,(H,26,30)/t19-/m1/s1. The van der Waals surface area contributed by atoms with Gasteiger partial charge in [0.15, 0.2) is 0 Å². The Morgan fingerprint density at radius 1 is 1.12 bits per heavy atom. The molecule has 166 valence electrons. The van der Waals surface area contributed by atoms with E-state index in [2.05, 4.69) is 40.6 Å². The van der Waals surface area contributed by atoms with Crippen molar-refractivity contribution in [1.82, 2.24) is 20.1 Å². The Balaban J connectivity index is 1.56. The number of nitrogens with zero attached hydrogens (tertiary/aromatic N) is 3. The number of rotatable bonds is 7. The van der Waals surface area contributed by atoms with Crippen molar-refractivity contribution in [2.75, 3.05) is 45.7 Å². The molecule has 4 rings (SSSR count). The van der Waals surface area contributed by atoms with Gasteiger partial charge in [-0.1, -0.05) is 30.3 Å². The van der Waals surface area contributed by atoms with Crippen molar-refractivity contribution in [3.63, 3.8) is 0 Å². The van der Waals surface area contributed by atoms with E-state index in [9.17, 15) is 14.4 Å². The largest absolute Gasteiger partial charge is 0.378 e. The number of hydrogen-bond acceptors (Lipinski definition) is 4. The second-order valence-corrected chi connectivity index (χ2v) is 8.25. The monoisotopic (exact) mass is 433 g/mol. The fraction of sp³-hybridized carbons (Fsp3) is 0.292. The smallest absolute Gasteiger partial charge is 0.327 e. The van der Waals surface area contributed by atoms with Crippen LogP contribution in [0.25, 0.3) is 10.9 Å². The van der Waals surface area contributed by atoms with Crippen LogP contribution in [-0.4, -0.2) is 73.4 Å². The summed E-state index contributed by atoms with van der Waals surface area (Å²) in [5.74, 6) is -0.823. The fourth-order valence-electron chi connectivity index (χ4n) is 4.03. The van der Waals surface area contributed by atoms with Gasteiger partial charge in [-0.3, -0.25) is 14.5 Å².